The third kappa shape index (κ3) is 1.36. The van der Waals surface area contributed by atoms with Gasteiger partial charge in [-0.2, -0.15) is 5.10 Å². The fourth-order valence-corrected chi connectivity index (χ4v) is 1.65. The van der Waals surface area contributed by atoms with Gasteiger partial charge >= 0.3 is 0 Å². The van der Waals surface area contributed by atoms with E-state index in [4.69, 9.17) is 11.6 Å². The highest BCUT2D eigenvalue weighted by Gasteiger charge is 2.25. The SMILES string of the molecule is CC(C)(O)c1nc2cccnn2c1Cl. The molecule has 0 bridgehead atoms. The molecule has 0 unspecified atom stereocenters. The average Bonchev–Trinajstić information content (AvgIpc) is 2.44. The quantitative estimate of drug-likeness (QED) is 0.780. The van der Waals surface area contributed by atoms with Crippen LogP contribution < -0.4 is 0 Å². The van der Waals surface area contributed by atoms with Crippen molar-refractivity contribution in [3.63, 3.8) is 0 Å². The second-order valence-electron chi connectivity index (χ2n) is 3.60. The number of imidazole rings is 1. The van der Waals surface area contributed by atoms with E-state index in [1.807, 2.05) is 0 Å². The molecule has 0 saturated carbocycles. The number of nitrogens with zero attached hydrogens (tertiary/aromatic N) is 3. The standard InChI is InChI=1S/C9H10ClN3O/c1-9(2,14)7-8(10)13-6(12-7)4-3-5-11-13/h3-5,14H,1-2H3. The van der Waals surface area contributed by atoms with Crippen molar-refractivity contribution in [2.75, 3.05) is 0 Å². The molecular formula is C9H10ClN3O. The first-order valence-electron chi connectivity index (χ1n) is 4.22. The van der Waals surface area contributed by atoms with E-state index in [0.29, 0.717) is 16.5 Å². The average molecular weight is 212 g/mol. The highest BCUT2D eigenvalue weighted by molar-refractivity contribution is 6.30. The van der Waals surface area contributed by atoms with Crippen molar-refractivity contribution in [1.29, 1.82) is 0 Å². The molecule has 2 heterocycles. The van der Waals surface area contributed by atoms with Gasteiger partial charge in [-0.15, -0.1) is 0 Å². The molecule has 74 valence electrons. The largest absolute Gasteiger partial charge is 0.384 e. The summed E-state index contributed by atoms with van der Waals surface area (Å²) in [6.45, 7) is 3.28. The summed E-state index contributed by atoms with van der Waals surface area (Å²) in [7, 11) is 0. The monoisotopic (exact) mass is 211 g/mol. The fraction of sp³-hybridized carbons (Fsp3) is 0.333. The molecule has 0 aliphatic heterocycles. The lowest BCUT2D eigenvalue weighted by atomic mass is 10.1. The van der Waals surface area contributed by atoms with E-state index in [9.17, 15) is 5.11 Å². The third-order valence-corrected chi connectivity index (χ3v) is 2.26. The van der Waals surface area contributed by atoms with Crippen LogP contribution in [0, 0.1) is 0 Å². The van der Waals surface area contributed by atoms with Crippen molar-refractivity contribution in [3.05, 3.63) is 29.2 Å². The van der Waals surface area contributed by atoms with Crippen LogP contribution in [-0.4, -0.2) is 19.7 Å². The van der Waals surface area contributed by atoms with Gasteiger partial charge in [0.2, 0.25) is 0 Å². The lowest BCUT2D eigenvalue weighted by Gasteiger charge is -2.13. The smallest absolute Gasteiger partial charge is 0.157 e. The number of aliphatic hydroxyl groups is 1. The molecule has 2 aromatic rings. The molecule has 0 radical (unpaired) electrons. The Kier molecular flexibility index (Phi) is 1.97. The second-order valence-corrected chi connectivity index (χ2v) is 3.96. The van der Waals surface area contributed by atoms with Crippen LogP contribution in [0.3, 0.4) is 0 Å². The Morgan fingerprint density at radius 2 is 2.21 bits per heavy atom. The molecule has 0 aliphatic rings. The van der Waals surface area contributed by atoms with E-state index in [1.165, 1.54) is 4.52 Å². The molecule has 0 amide bonds. The van der Waals surface area contributed by atoms with Gasteiger partial charge in [0.15, 0.2) is 10.8 Å². The van der Waals surface area contributed by atoms with Crippen LogP contribution in [0.2, 0.25) is 5.15 Å². The molecule has 0 spiro atoms. The third-order valence-electron chi connectivity index (χ3n) is 1.92. The predicted molar refractivity (Wildman–Crippen MR) is 53.2 cm³/mol. The van der Waals surface area contributed by atoms with Crippen molar-refractivity contribution in [2.24, 2.45) is 0 Å². The Labute approximate surface area is 86.1 Å². The van der Waals surface area contributed by atoms with Crippen LogP contribution in [0.25, 0.3) is 5.65 Å². The summed E-state index contributed by atoms with van der Waals surface area (Å²) in [6.07, 6.45) is 1.62. The molecule has 5 heteroatoms. The first-order chi connectivity index (χ1) is 6.50. The molecule has 0 aliphatic carbocycles. The van der Waals surface area contributed by atoms with Crippen LogP contribution >= 0.6 is 11.6 Å². The molecule has 4 nitrogen and oxygen atoms in total. The van der Waals surface area contributed by atoms with E-state index in [-0.39, 0.29) is 0 Å². The summed E-state index contributed by atoms with van der Waals surface area (Å²) < 4.78 is 1.49. The molecule has 1 N–H and O–H groups in total. The molecule has 0 saturated heterocycles. The van der Waals surface area contributed by atoms with E-state index >= 15 is 0 Å². The highest BCUT2D eigenvalue weighted by atomic mass is 35.5. The zero-order valence-corrected chi connectivity index (χ0v) is 8.65. The number of rotatable bonds is 1. The first-order valence-corrected chi connectivity index (χ1v) is 4.60. The van der Waals surface area contributed by atoms with Crippen molar-refractivity contribution in [1.82, 2.24) is 14.6 Å². The number of halogens is 1. The summed E-state index contributed by atoms with van der Waals surface area (Å²) in [6, 6.07) is 3.56. The normalized spacial score (nSPS) is 12.3. The van der Waals surface area contributed by atoms with Gasteiger partial charge in [0.25, 0.3) is 0 Å². The Morgan fingerprint density at radius 1 is 1.50 bits per heavy atom. The maximum Gasteiger partial charge on any atom is 0.157 e. The first kappa shape index (κ1) is 9.43. The van der Waals surface area contributed by atoms with Crippen LogP contribution in [0.5, 0.6) is 0 Å². The van der Waals surface area contributed by atoms with Gasteiger partial charge in [0.05, 0.1) is 0 Å². The molecule has 0 aromatic carbocycles. The van der Waals surface area contributed by atoms with Gasteiger partial charge in [-0.25, -0.2) is 9.50 Å². The minimum Gasteiger partial charge on any atom is -0.384 e. The van der Waals surface area contributed by atoms with Gasteiger partial charge in [-0.05, 0) is 26.0 Å². The van der Waals surface area contributed by atoms with Crippen molar-refractivity contribution in [2.45, 2.75) is 19.4 Å². The van der Waals surface area contributed by atoms with Gasteiger partial charge in [0.1, 0.15) is 11.3 Å². The van der Waals surface area contributed by atoms with E-state index < -0.39 is 5.60 Å². The predicted octanol–water partition coefficient (Wildman–Crippen LogP) is 1.61. The molecular weight excluding hydrogens is 202 g/mol. The lowest BCUT2D eigenvalue weighted by Crippen LogP contribution is -2.16. The van der Waals surface area contributed by atoms with Gasteiger partial charge in [-0.1, -0.05) is 11.6 Å². The molecule has 2 aromatic heterocycles. The summed E-state index contributed by atoms with van der Waals surface area (Å²) in [5.74, 6) is 0. The summed E-state index contributed by atoms with van der Waals surface area (Å²) in [5, 5.41) is 14.2. The van der Waals surface area contributed by atoms with E-state index in [0.717, 1.165) is 0 Å². The molecule has 2 rings (SSSR count). The Balaban J connectivity index is 2.75. The number of fused-ring (bicyclic) bond motifs is 1. The summed E-state index contributed by atoms with van der Waals surface area (Å²) in [4.78, 5) is 4.20. The fourth-order valence-electron chi connectivity index (χ4n) is 1.25. The highest BCUT2D eigenvalue weighted by Crippen LogP contribution is 2.26. The number of aromatic nitrogens is 3. The summed E-state index contributed by atoms with van der Waals surface area (Å²) in [5.41, 5.74) is 0.0256. The van der Waals surface area contributed by atoms with Crippen molar-refractivity contribution in [3.8, 4) is 0 Å². The van der Waals surface area contributed by atoms with E-state index in [1.54, 1.807) is 32.2 Å². The Hall–Kier alpha value is -1.13. The lowest BCUT2D eigenvalue weighted by molar-refractivity contribution is 0.0745. The molecule has 0 atom stereocenters. The molecule has 14 heavy (non-hydrogen) atoms. The maximum atomic E-state index is 9.78. The Morgan fingerprint density at radius 3 is 2.79 bits per heavy atom. The van der Waals surface area contributed by atoms with Crippen molar-refractivity contribution >= 4 is 17.2 Å². The maximum absolute atomic E-state index is 9.78. The second kappa shape index (κ2) is 2.93. The van der Waals surface area contributed by atoms with Crippen LogP contribution in [0.1, 0.15) is 19.5 Å². The van der Waals surface area contributed by atoms with Crippen LogP contribution in [0.4, 0.5) is 0 Å². The minimum atomic E-state index is -1.05. The Bertz CT molecular complexity index is 472. The van der Waals surface area contributed by atoms with Crippen LogP contribution in [0.15, 0.2) is 18.3 Å². The van der Waals surface area contributed by atoms with Gasteiger partial charge in [-0.3, -0.25) is 0 Å². The minimum absolute atomic E-state index is 0.355. The summed E-state index contributed by atoms with van der Waals surface area (Å²) >= 11 is 6.02. The number of hydrogen-bond donors (Lipinski definition) is 1. The van der Waals surface area contributed by atoms with Gasteiger partial charge < -0.3 is 5.11 Å². The molecule has 0 fully saturated rings. The zero-order valence-electron chi connectivity index (χ0n) is 7.90. The van der Waals surface area contributed by atoms with Crippen LogP contribution in [-0.2, 0) is 5.60 Å². The van der Waals surface area contributed by atoms with Gasteiger partial charge in [0, 0.05) is 6.20 Å². The zero-order chi connectivity index (χ0) is 10.3. The number of hydrogen-bond acceptors (Lipinski definition) is 3. The van der Waals surface area contributed by atoms with Crippen molar-refractivity contribution < 1.29 is 5.11 Å². The van der Waals surface area contributed by atoms with E-state index in [2.05, 4.69) is 10.1 Å². The topological polar surface area (TPSA) is 50.4 Å².